The highest BCUT2D eigenvalue weighted by atomic mass is 32.2. The standard InChI is InChI=1S/C30H27N3O3S/c1-35-25-13-9-21(10-14-25)27-28(22-11-15-26(36-2)16-12-22)33-30(32-27)37-18-17-31-29(34)24-8-7-20-5-3-4-6-23(20)19-24/h3-16,19H,17-18H2,1-2H3,(H,31,34)(H,32,33). The fraction of sp³-hybridized carbons (Fsp3) is 0.133. The summed E-state index contributed by atoms with van der Waals surface area (Å²) in [6.07, 6.45) is 0. The van der Waals surface area contributed by atoms with Gasteiger partial charge in [0.2, 0.25) is 0 Å². The van der Waals surface area contributed by atoms with Gasteiger partial charge in [-0.05, 0) is 71.4 Å². The monoisotopic (exact) mass is 509 g/mol. The predicted molar refractivity (Wildman–Crippen MR) is 150 cm³/mol. The first kappa shape index (κ1) is 24.5. The summed E-state index contributed by atoms with van der Waals surface area (Å²) in [5.74, 6) is 2.19. The van der Waals surface area contributed by atoms with E-state index in [0.717, 1.165) is 49.9 Å². The Morgan fingerprint density at radius 1 is 0.838 bits per heavy atom. The molecule has 5 aromatic rings. The van der Waals surface area contributed by atoms with E-state index in [1.54, 1.807) is 26.0 Å². The number of carbonyl (C=O) groups is 1. The van der Waals surface area contributed by atoms with Gasteiger partial charge < -0.3 is 19.8 Å². The molecule has 0 fully saturated rings. The highest BCUT2D eigenvalue weighted by Crippen LogP contribution is 2.34. The topological polar surface area (TPSA) is 76.2 Å². The number of carbonyl (C=O) groups excluding carboxylic acids is 1. The zero-order valence-electron chi connectivity index (χ0n) is 20.7. The molecule has 1 amide bonds. The van der Waals surface area contributed by atoms with Crippen LogP contribution in [0, 0.1) is 0 Å². The number of nitrogens with zero attached hydrogens (tertiary/aromatic N) is 1. The summed E-state index contributed by atoms with van der Waals surface area (Å²) >= 11 is 1.57. The summed E-state index contributed by atoms with van der Waals surface area (Å²) in [6.45, 7) is 0.521. The molecule has 0 aliphatic carbocycles. The largest absolute Gasteiger partial charge is 0.497 e. The number of thioether (sulfide) groups is 1. The molecule has 2 N–H and O–H groups in total. The minimum atomic E-state index is -0.0800. The van der Waals surface area contributed by atoms with Gasteiger partial charge in [-0.15, -0.1) is 0 Å². The molecule has 37 heavy (non-hydrogen) atoms. The van der Waals surface area contributed by atoms with Crippen LogP contribution in [0.3, 0.4) is 0 Å². The third-order valence-electron chi connectivity index (χ3n) is 6.06. The Morgan fingerprint density at radius 3 is 2.16 bits per heavy atom. The second-order valence-corrected chi connectivity index (χ2v) is 9.47. The maximum Gasteiger partial charge on any atom is 0.251 e. The van der Waals surface area contributed by atoms with Crippen LogP contribution in [0.2, 0.25) is 0 Å². The maximum absolute atomic E-state index is 12.7. The highest BCUT2D eigenvalue weighted by molar-refractivity contribution is 7.99. The van der Waals surface area contributed by atoms with Gasteiger partial charge in [0.15, 0.2) is 5.16 Å². The lowest BCUT2D eigenvalue weighted by atomic mass is 10.0. The number of nitrogens with one attached hydrogen (secondary N) is 2. The number of amides is 1. The molecule has 186 valence electrons. The van der Waals surface area contributed by atoms with Crippen molar-refractivity contribution in [2.75, 3.05) is 26.5 Å². The number of hydrogen-bond acceptors (Lipinski definition) is 5. The molecule has 0 aliphatic rings. The lowest BCUT2D eigenvalue weighted by molar-refractivity contribution is 0.0956. The van der Waals surface area contributed by atoms with E-state index in [1.807, 2.05) is 91.0 Å². The van der Waals surface area contributed by atoms with Gasteiger partial charge in [-0.1, -0.05) is 42.1 Å². The van der Waals surface area contributed by atoms with Crippen LogP contribution in [0.4, 0.5) is 0 Å². The highest BCUT2D eigenvalue weighted by Gasteiger charge is 2.15. The van der Waals surface area contributed by atoms with Crippen molar-refractivity contribution in [2.24, 2.45) is 0 Å². The number of rotatable bonds is 9. The fourth-order valence-corrected chi connectivity index (χ4v) is 4.82. The molecule has 0 saturated carbocycles. The molecule has 5 rings (SSSR count). The molecular weight excluding hydrogens is 482 g/mol. The van der Waals surface area contributed by atoms with Gasteiger partial charge in [0.1, 0.15) is 11.5 Å². The number of aromatic nitrogens is 2. The van der Waals surface area contributed by atoms with Crippen molar-refractivity contribution < 1.29 is 14.3 Å². The van der Waals surface area contributed by atoms with Crippen LogP contribution < -0.4 is 14.8 Å². The normalized spacial score (nSPS) is 10.9. The third-order valence-corrected chi connectivity index (χ3v) is 6.94. The number of benzene rings is 4. The van der Waals surface area contributed by atoms with Crippen LogP contribution in [0.5, 0.6) is 11.5 Å². The number of aromatic amines is 1. The van der Waals surface area contributed by atoms with E-state index in [-0.39, 0.29) is 5.91 Å². The Morgan fingerprint density at radius 2 is 1.49 bits per heavy atom. The van der Waals surface area contributed by atoms with Gasteiger partial charge in [0.25, 0.3) is 5.91 Å². The summed E-state index contributed by atoms with van der Waals surface area (Å²) in [5, 5.41) is 5.97. The molecule has 0 bridgehead atoms. The van der Waals surface area contributed by atoms with Crippen LogP contribution in [-0.2, 0) is 0 Å². The second-order valence-electron chi connectivity index (χ2n) is 8.39. The van der Waals surface area contributed by atoms with Crippen molar-refractivity contribution in [3.05, 3.63) is 96.6 Å². The average Bonchev–Trinajstić information content (AvgIpc) is 3.39. The molecule has 0 spiro atoms. The maximum atomic E-state index is 12.7. The van der Waals surface area contributed by atoms with Gasteiger partial charge >= 0.3 is 0 Å². The SMILES string of the molecule is COc1ccc(-c2nc(SCCNC(=O)c3ccc4ccccc4c3)[nH]c2-c2ccc(OC)cc2)cc1. The molecule has 0 aliphatic heterocycles. The number of hydrogen-bond donors (Lipinski definition) is 2. The first-order chi connectivity index (χ1) is 18.1. The van der Waals surface area contributed by atoms with Crippen LogP contribution >= 0.6 is 11.8 Å². The van der Waals surface area contributed by atoms with Gasteiger partial charge in [-0.3, -0.25) is 4.79 Å². The number of imidazole rings is 1. The van der Waals surface area contributed by atoms with Crippen LogP contribution in [0.25, 0.3) is 33.3 Å². The molecule has 0 radical (unpaired) electrons. The van der Waals surface area contributed by atoms with E-state index in [0.29, 0.717) is 17.9 Å². The van der Waals surface area contributed by atoms with E-state index in [1.165, 1.54) is 0 Å². The lowest BCUT2D eigenvalue weighted by Crippen LogP contribution is -2.25. The Bertz CT molecular complexity index is 1450. The average molecular weight is 510 g/mol. The number of methoxy groups -OCH3 is 2. The zero-order chi connectivity index (χ0) is 25.6. The van der Waals surface area contributed by atoms with E-state index in [2.05, 4.69) is 10.3 Å². The Labute approximate surface area is 220 Å². The molecule has 0 atom stereocenters. The van der Waals surface area contributed by atoms with Crippen molar-refractivity contribution in [3.8, 4) is 34.0 Å². The molecule has 0 saturated heterocycles. The summed E-state index contributed by atoms with van der Waals surface area (Å²) in [5.41, 5.74) is 4.44. The van der Waals surface area contributed by atoms with Crippen LogP contribution in [0.15, 0.2) is 96.2 Å². The van der Waals surface area contributed by atoms with E-state index >= 15 is 0 Å². The Balaban J connectivity index is 1.29. The minimum Gasteiger partial charge on any atom is -0.497 e. The van der Waals surface area contributed by atoms with Gasteiger partial charge in [-0.25, -0.2) is 4.98 Å². The van der Waals surface area contributed by atoms with Crippen molar-refractivity contribution in [1.29, 1.82) is 0 Å². The molecular formula is C30H27N3O3S. The summed E-state index contributed by atoms with van der Waals surface area (Å²) in [6, 6.07) is 29.5. The van der Waals surface area contributed by atoms with E-state index in [4.69, 9.17) is 14.5 Å². The molecule has 4 aromatic carbocycles. The van der Waals surface area contributed by atoms with Gasteiger partial charge in [0, 0.05) is 29.0 Å². The summed E-state index contributed by atoms with van der Waals surface area (Å²) in [7, 11) is 3.31. The van der Waals surface area contributed by atoms with E-state index in [9.17, 15) is 4.79 Å². The molecule has 0 unspecified atom stereocenters. The fourth-order valence-electron chi connectivity index (χ4n) is 4.09. The van der Waals surface area contributed by atoms with Gasteiger partial charge in [-0.2, -0.15) is 0 Å². The molecule has 7 heteroatoms. The van der Waals surface area contributed by atoms with Gasteiger partial charge in [0.05, 0.1) is 25.6 Å². The summed E-state index contributed by atoms with van der Waals surface area (Å²) < 4.78 is 10.6. The number of H-pyrrole nitrogens is 1. The van der Waals surface area contributed by atoms with E-state index < -0.39 is 0 Å². The Kier molecular flexibility index (Phi) is 7.42. The third kappa shape index (κ3) is 5.62. The predicted octanol–water partition coefficient (Wildman–Crippen LogP) is 6.44. The van der Waals surface area contributed by atoms with Crippen LogP contribution in [0.1, 0.15) is 10.4 Å². The molecule has 6 nitrogen and oxygen atoms in total. The van der Waals surface area contributed by atoms with Crippen molar-refractivity contribution >= 4 is 28.4 Å². The lowest BCUT2D eigenvalue weighted by Gasteiger charge is -2.06. The minimum absolute atomic E-state index is 0.0800. The van der Waals surface area contributed by atoms with Crippen molar-refractivity contribution in [3.63, 3.8) is 0 Å². The summed E-state index contributed by atoms with van der Waals surface area (Å²) in [4.78, 5) is 21.0. The van der Waals surface area contributed by atoms with Crippen molar-refractivity contribution in [2.45, 2.75) is 5.16 Å². The second kappa shape index (κ2) is 11.2. The van der Waals surface area contributed by atoms with Crippen molar-refractivity contribution in [1.82, 2.24) is 15.3 Å². The molecule has 1 aromatic heterocycles. The first-order valence-electron chi connectivity index (χ1n) is 11.9. The Hall–Kier alpha value is -4.23. The molecule has 1 heterocycles. The number of ether oxygens (including phenoxy) is 2. The zero-order valence-corrected chi connectivity index (χ0v) is 21.5. The quantitative estimate of drug-likeness (QED) is 0.177. The smallest absolute Gasteiger partial charge is 0.251 e. The first-order valence-corrected chi connectivity index (χ1v) is 12.9. The number of fused-ring (bicyclic) bond motifs is 1. The van der Waals surface area contributed by atoms with Crippen LogP contribution in [-0.4, -0.2) is 42.4 Å².